The molecule has 0 radical (unpaired) electrons. The number of nitrogens with zero attached hydrogens (tertiary/aromatic N) is 3. The Labute approximate surface area is 133 Å². The van der Waals surface area contributed by atoms with Crippen LogP contribution in [0.5, 0.6) is 0 Å². The smallest absolute Gasteiger partial charge is 0.261 e. The van der Waals surface area contributed by atoms with E-state index in [0.717, 1.165) is 11.3 Å². The first kappa shape index (κ1) is 15.0. The van der Waals surface area contributed by atoms with Crippen LogP contribution < -0.4 is 10.5 Å². The monoisotopic (exact) mass is 307 g/mol. The minimum atomic E-state index is -0.207. The normalized spacial score (nSPS) is 10.7. The third-order valence-corrected chi connectivity index (χ3v) is 3.80. The van der Waals surface area contributed by atoms with Crippen molar-refractivity contribution in [2.45, 2.75) is 13.5 Å². The van der Waals surface area contributed by atoms with Crippen molar-refractivity contribution < 1.29 is 4.79 Å². The largest absolute Gasteiger partial charge is 0.314 e. The van der Waals surface area contributed by atoms with Crippen LogP contribution in [0.2, 0.25) is 0 Å². The van der Waals surface area contributed by atoms with Gasteiger partial charge in [0.25, 0.3) is 5.56 Å². The van der Waals surface area contributed by atoms with Gasteiger partial charge in [0.15, 0.2) is 0 Å². The summed E-state index contributed by atoms with van der Waals surface area (Å²) in [6.07, 6.45) is 1.42. The van der Waals surface area contributed by atoms with E-state index >= 15 is 0 Å². The highest BCUT2D eigenvalue weighted by Gasteiger charge is 2.13. The van der Waals surface area contributed by atoms with Gasteiger partial charge < -0.3 is 4.90 Å². The molecule has 1 amide bonds. The molecular weight excluding hydrogens is 290 g/mol. The maximum Gasteiger partial charge on any atom is 0.261 e. The Morgan fingerprint density at radius 1 is 1.17 bits per heavy atom. The number of rotatable bonds is 3. The number of carbonyl (C=O) groups excluding carboxylic acids is 1. The van der Waals surface area contributed by atoms with Crippen molar-refractivity contribution in [2.75, 3.05) is 11.9 Å². The van der Waals surface area contributed by atoms with Gasteiger partial charge in [-0.25, -0.2) is 4.98 Å². The molecule has 1 aromatic heterocycles. The first-order valence-corrected chi connectivity index (χ1v) is 7.33. The topological polar surface area (TPSA) is 55.2 Å². The van der Waals surface area contributed by atoms with Gasteiger partial charge in [-0.3, -0.25) is 14.2 Å². The highest BCUT2D eigenvalue weighted by Crippen LogP contribution is 2.14. The molecule has 23 heavy (non-hydrogen) atoms. The van der Waals surface area contributed by atoms with Gasteiger partial charge in [0.05, 0.1) is 17.2 Å². The summed E-state index contributed by atoms with van der Waals surface area (Å²) in [5.74, 6) is -0.171. The summed E-state index contributed by atoms with van der Waals surface area (Å²) in [6, 6.07) is 14.8. The Morgan fingerprint density at radius 2 is 1.96 bits per heavy atom. The zero-order valence-corrected chi connectivity index (χ0v) is 13.1. The molecule has 0 fully saturated rings. The molecule has 3 rings (SSSR count). The van der Waals surface area contributed by atoms with Gasteiger partial charge in [0, 0.05) is 12.7 Å². The van der Waals surface area contributed by atoms with Crippen molar-refractivity contribution in [1.82, 2.24) is 9.55 Å². The van der Waals surface area contributed by atoms with Crippen LogP contribution >= 0.6 is 0 Å². The van der Waals surface area contributed by atoms with E-state index in [0.29, 0.717) is 10.9 Å². The van der Waals surface area contributed by atoms with E-state index in [1.54, 1.807) is 30.1 Å². The van der Waals surface area contributed by atoms with Crippen molar-refractivity contribution in [1.29, 1.82) is 0 Å². The van der Waals surface area contributed by atoms with Crippen molar-refractivity contribution in [3.05, 3.63) is 70.8 Å². The van der Waals surface area contributed by atoms with Crippen LogP contribution in [-0.4, -0.2) is 22.5 Å². The molecular formula is C18H17N3O2. The Hall–Kier alpha value is -2.95. The standard InChI is InChI=1S/C18H17N3O2/c1-13-6-5-7-14(10-13)20(2)17(22)11-21-12-19-16-9-4-3-8-15(16)18(21)23/h3-10,12H,11H2,1-2H3. The Balaban J connectivity index is 1.88. The number of para-hydroxylation sites is 1. The Morgan fingerprint density at radius 3 is 2.74 bits per heavy atom. The molecule has 5 heteroatoms. The van der Waals surface area contributed by atoms with Crippen LogP contribution in [0, 0.1) is 6.92 Å². The molecule has 0 saturated carbocycles. The van der Waals surface area contributed by atoms with Crippen molar-refractivity contribution in [3.63, 3.8) is 0 Å². The predicted octanol–water partition coefficient (Wildman–Crippen LogP) is 2.37. The van der Waals surface area contributed by atoms with Crippen molar-refractivity contribution >= 4 is 22.5 Å². The minimum Gasteiger partial charge on any atom is -0.314 e. The van der Waals surface area contributed by atoms with Gasteiger partial charge in [-0.1, -0.05) is 24.3 Å². The number of likely N-dealkylation sites (N-methyl/N-ethyl adjacent to an activating group) is 1. The maximum absolute atomic E-state index is 12.5. The maximum atomic E-state index is 12.5. The third-order valence-electron chi connectivity index (χ3n) is 3.80. The number of benzene rings is 2. The highest BCUT2D eigenvalue weighted by molar-refractivity contribution is 5.92. The van der Waals surface area contributed by atoms with Crippen molar-refractivity contribution in [2.24, 2.45) is 0 Å². The number of aryl methyl sites for hydroxylation is 1. The van der Waals surface area contributed by atoms with E-state index in [1.807, 2.05) is 37.3 Å². The van der Waals surface area contributed by atoms with E-state index in [9.17, 15) is 9.59 Å². The van der Waals surface area contributed by atoms with Gasteiger partial charge in [0.1, 0.15) is 6.54 Å². The van der Waals surface area contributed by atoms with Gasteiger partial charge in [-0.15, -0.1) is 0 Å². The van der Waals surface area contributed by atoms with Gasteiger partial charge >= 0.3 is 0 Å². The average Bonchev–Trinajstić information content (AvgIpc) is 2.57. The molecule has 116 valence electrons. The highest BCUT2D eigenvalue weighted by atomic mass is 16.2. The van der Waals surface area contributed by atoms with E-state index in [4.69, 9.17) is 0 Å². The van der Waals surface area contributed by atoms with E-state index < -0.39 is 0 Å². The fourth-order valence-corrected chi connectivity index (χ4v) is 2.45. The van der Waals surface area contributed by atoms with Crippen LogP contribution in [0.15, 0.2) is 59.7 Å². The lowest BCUT2D eigenvalue weighted by molar-refractivity contribution is -0.118. The van der Waals surface area contributed by atoms with Crippen LogP contribution in [0.3, 0.4) is 0 Å². The molecule has 0 bridgehead atoms. The van der Waals surface area contributed by atoms with E-state index in [1.165, 1.54) is 10.9 Å². The Bertz CT molecular complexity index is 931. The Kier molecular flexibility index (Phi) is 3.93. The minimum absolute atomic E-state index is 0.0406. The number of fused-ring (bicyclic) bond motifs is 1. The molecule has 2 aromatic carbocycles. The van der Waals surface area contributed by atoms with Crippen LogP contribution in [0.1, 0.15) is 5.56 Å². The van der Waals surface area contributed by atoms with E-state index in [2.05, 4.69) is 4.98 Å². The SMILES string of the molecule is Cc1cccc(N(C)C(=O)Cn2cnc3ccccc3c2=O)c1. The number of hydrogen-bond acceptors (Lipinski definition) is 3. The second-order valence-electron chi connectivity index (χ2n) is 5.49. The van der Waals surface area contributed by atoms with Gasteiger partial charge in [-0.2, -0.15) is 0 Å². The molecule has 1 heterocycles. The summed E-state index contributed by atoms with van der Waals surface area (Å²) in [5.41, 5.74) is 2.30. The summed E-state index contributed by atoms with van der Waals surface area (Å²) in [7, 11) is 1.70. The molecule has 0 saturated heterocycles. The van der Waals surface area contributed by atoms with Crippen LogP contribution in [0.4, 0.5) is 5.69 Å². The molecule has 5 nitrogen and oxygen atoms in total. The van der Waals surface area contributed by atoms with Gasteiger partial charge in [0.2, 0.25) is 5.91 Å². The van der Waals surface area contributed by atoms with Crippen LogP contribution in [-0.2, 0) is 11.3 Å². The van der Waals surface area contributed by atoms with Crippen LogP contribution in [0.25, 0.3) is 10.9 Å². The number of hydrogen-bond donors (Lipinski definition) is 0. The molecule has 0 aliphatic heterocycles. The zero-order chi connectivity index (χ0) is 16.4. The summed E-state index contributed by atoms with van der Waals surface area (Å²) < 4.78 is 1.34. The second-order valence-corrected chi connectivity index (χ2v) is 5.49. The number of carbonyl (C=O) groups is 1. The fourth-order valence-electron chi connectivity index (χ4n) is 2.45. The third kappa shape index (κ3) is 2.99. The van der Waals surface area contributed by atoms with Crippen molar-refractivity contribution in [3.8, 4) is 0 Å². The molecule has 0 aliphatic rings. The summed E-state index contributed by atoms with van der Waals surface area (Å²) in [5, 5.41) is 0.515. The lowest BCUT2D eigenvalue weighted by Crippen LogP contribution is -2.34. The zero-order valence-electron chi connectivity index (χ0n) is 13.1. The fraction of sp³-hybridized carbons (Fsp3) is 0.167. The number of amides is 1. The summed E-state index contributed by atoms with van der Waals surface area (Å²) in [4.78, 5) is 30.7. The lowest BCUT2D eigenvalue weighted by atomic mass is 10.2. The second kappa shape index (κ2) is 6.04. The first-order valence-electron chi connectivity index (χ1n) is 7.33. The molecule has 0 unspecified atom stereocenters. The molecule has 0 N–H and O–H groups in total. The molecule has 0 atom stereocenters. The first-order chi connectivity index (χ1) is 11.1. The van der Waals surface area contributed by atoms with Gasteiger partial charge in [-0.05, 0) is 36.8 Å². The lowest BCUT2D eigenvalue weighted by Gasteiger charge is -2.18. The predicted molar refractivity (Wildman–Crippen MR) is 90.6 cm³/mol. The summed E-state index contributed by atoms with van der Waals surface area (Å²) >= 11 is 0. The molecule has 3 aromatic rings. The molecule has 0 aliphatic carbocycles. The molecule has 0 spiro atoms. The average molecular weight is 307 g/mol. The number of aromatic nitrogens is 2. The summed E-state index contributed by atoms with van der Waals surface area (Å²) in [6.45, 7) is 1.93. The quantitative estimate of drug-likeness (QED) is 0.746. The number of anilines is 1. The van der Waals surface area contributed by atoms with E-state index in [-0.39, 0.29) is 18.0 Å².